The van der Waals surface area contributed by atoms with E-state index in [2.05, 4.69) is 10.3 Å². The van der Waals surface area contributed by atoms with E-state index in [4.69, 9.17) is 16.3 Å². The van der Waals surface area contributed by atoms with Crippen LogP contribution in [0.5, 0.6) is 0 Å². The van der Waals surface area contributed by atoms with E-state index in [1.165, 1.54) is 0 Å². The molecule has 0 radical (unpaired) electrons. The fraction of sp³-hybridized carbons (Fsp3) is 0.500. The summed E-state index contributed by atoms with van der Waals surface area (Å²) in [6.45, 7) is 2.46. The summed E-state index contributed by atoms with van der Waals surface area (Å²) < 4.78 is 5.27. The van der Waals surface area contributed by atoms with Crippen LogP contribution in [0.25, 0.3) is 0 Å². The Morgan fingerprint density at radius 3 is 3.29 bits per heavy atom. The van der Waals surface area contributed by atoms with Crippen molar-refractivity contribution in [3.63, 3.8) is 0 Å². The molecule has 1 unspecified atom stereocenters. The topological polar surface area (TPSA) is 34.2 Å². The molecule has 0 aliphatic carbocycles. The molecule has 4 heteroatoms. The van der Waals surface area contributed by atoms with Crippen LogP contribution in [0.3, 0.4) is 0 Å². The van der Waals surface area contributed by atoms with Gasteiger partial charge in [-0.25, -0.2) is 0 Å². The van der Waals surface area contributed by atoms with Gasteiger partial charge in [0, 0.05) is 31.6 Å². The summed E-state index contributed by atoms with van der Waals surface area (Å²) in [5, 5.41) is 4.12. The highest BCUT2D eigenvalue weighted by molar-refractivity contribution is 6.31. The van der Waals surface area contributed by atoms with Crippen molar-refractivity contribution in [2.45, 2.75) is 19.0 Å². The van der Waals surface area contributed by atoms with Crippen LogP contribution in [0.4, 0.5) is 0 Å². The molecule has 0 aromatic carbocycles. The minimum atomic E-state index is 0.472. The fourth-order valence-electron chi connectivity index (χ4n) is 1.50. The number of halogens is 1. The van der Waals surface area contributed by atoms with Crippen molar-refractivity contribution in [1.82, 2.24) is 10.3 Å². The third kappa shape index (κ3) is 2.44. The summed E-state index contributed by atoms with van der Waals surface area (Å²) >= 11 is 5.98. The summed E-state index contributed by atoms with van der Waals surface area (Å²) in [5.41, 5.74) is 1.09. The number of pyridine rings is 1. The average Bonchev–Trinajstić information content (AvgIpc) is 2.69. The molecule has 3 nitrogen and oxygen atoms in total. The molecule has 76 valence electrons. The molecule has 1 aromatic heterocycles. The van der Waals surface area contributed by atoms with E-state index < -0.39 is 0 Å². The summed E-state index contributed by atoms with van der Waals surface area (Å²) in [4.78, 5) is 3.94. The van der Waals surface area contributed by atoms with Gasteiger partial charge < -0.3 is 10.1 Å². The Kier molecular flexibility index (Phi) is 3.35. The summed E-state index contributed by atoms with van der Waals surface area (Å²) in [5.74, 6) is 0. The van der Waals surface area contributed by atoms with E-state index in [-0.39, 0.29) is 0 Å². The van der Waals surface area contributed by atoms with Crippen molar-refractivity contribution < 1.29 is 4.74 Å². The third-order valence-corrected chi connectivity index (χ3v) is 2.71. The molecule has 0 amide bonds. The highest BCUT2D eigenvalue weighted by atomic mass is 35.5. The van der Waals surface area contributed by atoms with Gasteiger partial charge in [0.25, 0.3) is 0 Å². The van der Waals surface area contributed by atoms with E-state index in [0.29, 0.717) is 6.04 Å². The van der Waals surface area contributed by atoms with Gasteiger partial charge in [0.1, 0.15) is 0 Å². The zero-order chi connectivity index (χ0) is 9.80. The van der Waals surface area contributed by atoms with Crippen molar-refractivity contribution >= 4 is 11.6 Å². The predicted molar refractivity (Wildman–Crippen MR) is 55.3 cm³/mol. The zero-order valence-corrected chi connectivity index (χ0v) is 8.63. The van der Waals surface area contributed by atoms with Crippen LogP contribution in [0.15, 0.2) is 18.5 Å². The molecule has 1 atom stereocenters. The number of ether oxygens (including phenoxy) is 1. The first kappa shape index (κ1) is 9.90. The van der Waals surface area contributed by atoms with E-state index in [1.807, 2.05) is 6.07 Å². The molecule has 1 aliphatic rings. The molecule has 2 rings (SSSR count). The number of hydrogen-bond donors (Lipinski definition) is 1. The second-order valence-corrected chi connectivity index (χ2v) is 3.82. The lowest BCUT2D eigenvalue weighted by molar-refractivity contribution is 0.190. The maximum absolute atomic E-state index is 5.98. The van der Waals surface area contributed by atoms with Gasteiger partial charge in [-0.05, 0) is 18.1 Å². The van der Waals surface area contributed by atoms with Crippen LogP contribution in [-0.2, 0) is 11.3 Å². The van der Waals surface area contributed by atoms with Gasteiger partial charge in [-0.2, -0.15) is 0 Å². The number of rotatable bonds is 3. The number of nitrogens with zero attached hydrogens (tertiary/aromatic N) is 1. The van der Waals surface area contributed by atoms with Gasteiger partial charge >= 0.3 is 0 Å². The van der Waals surface area contributed by atoms with Crippen LogP contribution in [0.2, 0.25) is 5.02 Å². The molecule has 1 aliphatic heterocycles. The van der Waals surface area contributed by atoms with Crippen molar-refractivity contribution in [3.05, 3.63) is 29.0 Å². The molecule has 1 saturated heterocycles. The first-order valence-electron chi connectivity index (χ1n) is 4.76. The van der Waals surface area contributed by atoms with Crippen molar-refractivity contribution in [2.24, 2.45) is 0 Å². The van der Waals surface area contributed by atoms with Crippen LogP contribution in [-0.4, -0.2) is 24.2 Å². The van der Waals surface area contributed by atoms with Gasteiger partial charge in [-0.3, -0.25) is 4.98 Å². The van der Waals surface area contributed by atoms with Crippen LogP contribution < -0.4 is 5.32 Å². The minimum Gasteiger partial charge on any atom is -0.380 e. The Labute approximate surface area is 88.4 Å². The zero-order valence-electron chi connectivity index (χ0n) is 7.87. The second-order valence-electron chi connectivity index (χ2n) is 3.41. The van der Waals surface area contributed by atoms with Gasteiger partial charge in [0.2, 0.25) is 0 Å². The molecular weight excluding hydrogens is 200 g/mol. The Hall–Kier alpha value is -0.640. The fourth-order valence-corrected chi connectivity index (χ4v) is 1.68. The van der Waals surface area contributed by atoms with Crippen molar-refractivity contribution in [3.8, 4) is 0 Å². The highest BCUT2D eigenvalue weighted by Gasteiger charge is 2.14. The summed E-state index contributed by atoms with van der Waals surface area (Å²) in [6, 6.07) is 2.41. The average molecular weight is 213 g/mol. The summed E-state index contributed by atoms with van der Waals surface area (Å²) in [7, 11) is 0. The van der Waals surface area contributed by atoms with Gasteiger partial charge in [-0.1, -0.05) is 11.6 Å². The first-order chi connectivity index (χ1) is 6.86. The number of hydrogen-bond acceptors (Lipinski definition) is 3. The standard InChI is InChI=1S/C10H13ClN2O/c11-10-6-12-3-1-8(10)5-13-9-2-4-14-7-9/h1,3,6,9,13H,2,4-5,7H2. The highest BCUT2D eigenvalue weighted by Crippen LogP contribution is 2.13. The van der Waals surface area contributed by atoms with Crippen LogP contribution in [0, 0.1) is 0 Å². The smallest absolute Gasteiger partial charge is 0.0634 e. The maximum atomic E-state index is 5.98. The van der Waals surface area contributed by atoms with E-state index >= 15 is 0 Å². The molecule has 1 aromatic rings. The number of aromatic nitrogens is 1. The van der Waals surface area contributed by atoms with Crippen molar-refractivity contribution in [2.75, 3.05) is 13.2 Å². The van der Waals surface area contributed by atoms with Crippen LogP contribution >= 0.6 is 11.6 Å². The minimum absolute atomic E-state index is 0.472. The SMILES string of the molecule is Clc1cnccc1CNC1CCOC1. The quantitative estimate of drug-likeness (QED) is 0.827. The Morgan fingerprint density at radius 2 is 2.57 bits per heavy atom. The van der Waals surface area contributed by atoms with Gasteiger partial charge in [-0.15, -0.1) is 0 Å². The molecule has 14 heavy (non-hydrogen) atoms. The monoisotopic (exact) mass is 212 g/mol. The molecule has 2 heterocycles. The Morgan fingerprint density at radius 1 is 1.64 bits per heavy atom. The normalized spacial score (nSPS) is 21.4. The largest absolute Gasteiger partial charge is 0.380 e. The van der Waals surface area contributed by atoms with Gasteiger partial charge in [0.15, 0.2) is 0 Å². The predicted octanol–water partition coefficient (Wildman–Crippen LogP) is 1.61. The van der Waals surface area contributed by atoms with E-state index in [0.717, 1.165) is 36.8 Å². The Bertz CT molecular complexity index is 300. The van der Waals surface area contributed by atoms with Gasteiger partial charge in [0.05, 0.1) is 11.6 Å². The Balaban J connectivity index is 1.88. The molecule has 0 saturated carbocycles. The summed E-state index contributed by atoms with van der Waals surface area (Å²) in [6.07, 6.45) is 4.51. The molecule has 1 N–H and O–H groups in total. The molecular formula is C10H13ClN2O. The lowest BCUT2D eigenvalue weighted by Crippen LogP contribution is -2.28. The van der Waals surface area contributed by atoms with Crippen molar-refractivity contribution in [1.29, 1.82) is 0 Å². The van der Waals surface area contributed by atoms with E-state index in [9.17, 15) is 0 Å². The maximum Gasteiger partial charge on any atom is 0.0634 e. The second kappa shape index (κ2) is 4.73. The molecule has 0 bridgehead atoms. The lowest BCUT2D eigenvalue weighted by Gasteiger charge is -2.10. The molecule has 1 fully saturated rings. The molecule has 0 spiro atoms. The van der Waals surface area contributed by atoms with E-state index in [1.54, 1.807) is 12.4 Å². The lowest BCUT2D eigenvalue weighted by atomic mass is 10.2. The van der Waals surface area contributed by atoms with Crippen LogP contribution in [0.1, 0.15) is 12.0 Å². The first-order valence-corrected chi connectivity index (χ1v) is 5.13. The third-order valence-electron chi connectivity index (χ3n) is 2.37. The number of nitrogens with one attached hydrogen (secondary N) is 1.